The van der Waals surface area contributed by atoms with E-state index in [1.54, 1.807) is 19.0 Å². The van der Waals surface area contributed by atoms with Crippen LogP contribution in [0, 0.1) is 0 Å². The number of nitrogens with zero attached hydrogens (tertiary/aromatic N) is 5. The second-order valence-electron chi connectivity index (χ2n) is 8.23. The molecule has 2 fully saturated rings. The molecule has 0 bridgehead atoms. The lowest BCUT2D eigenvalue weighted by Gasteiger charge is -2.35. The Labute approximate surface area is 191 Å². The third-order valence-corrected chi connectivity index (χ3v) is 5.64. The van der Waals surface area contributed by atoms with E-state index >= 15 is 0 Å². The second-order valence-corrected chi connectivity index (χ2v) is 8.23. The van der Waals surface area contributed by atoms with E-state index in [1.807, 2.05) is 17.9 Å². The first-order valence-corrected chi connectivity index (χ1v) is 10.5. The number of aromatic nitrogens is 2. The number of aliphatic imine (C=N–C) groups is 1. The number of anilines is 1. The summed E-state index contributed by atoms with van der Waals surface area (Å²) in [5, 5.41) is 11.5. The molecule has 3 rings (SSSR count). The van der Waals surface area contributed by atoms with Crippen LogP contribution in [0.4, 0.5) is 5.69 Å². The molecule has 1 amide bonds. The zero-order valence-corrected chi connectivity index (χ0v) is 20.3. The van der Waals surface area contributed by atoms with Crippen molar-refractivity contribution < 1.29 is 4.79 Å². The highest BCUT2D eigenvalue weighted by atomic mass is 127. The maximum absolute atomic E-state index is 12.0. The Kier molecular flexibility index (Phi) is 9.51. The van der Waals surface area contributed by atoms with E-state index in [1.165, 1.54) is 32.1 Å². The van der Waals surface area contributed by atoms with Crippen LogP contribution in [0.3, 0.4) is 0 Å². The van der Waals surface area contributed by atoms with Gasteiger partial charge in [-0.2, -0.15) is 5.10 Å². The summed E-state index contributed by atoms with van der Waals surface area (Å²) in [4.78, 5) is 20.6. The lowest BCUT2D eigenvalue weighted by molar-refractivity contribution is -0.127. The number of guanidine groups is 1. The van der Waals surface area contributed by atoms with Gasteiger partial charge in [0.05, 0.1) is 11.9 Å². The number of rotatable bonds is 5. The predicted molar refractivity (Wildman–Crippen MR) is 128 cm³/mol. The zero-order chi connectivity index (χ0) is 19.9. The van der Waals surface area contributed by atoms with Crippen LogP contribution in [0.25, 0.3) is 0 Å². The van der Waals surface area contributed by atoms with Gasteiger partial charge in [0.15, 0.2) is 5.96 Å². The van der Waals surface area contributed by atoms with Crippen molar-refractivity contribution in [1.29, 1.82) is 0 Å². The first-order valence-electron chi connectivity index (χ1n) is 10.5. The van der Waals surface area contributed by atoms with Crippen molar-refractivity contribution in [3.8, 4) is 0 Å². The van der Waals surface area contributed by atoms with Gasteiger partial charge in [-0.3, -0.25) is 9.48 Å². The van der Waals surface area contributed by atoms with Crippen LogP contribution in [0.2, 0.25) is 0 Å². The highest BCUT2D eigenvalue weighted by molar-refractivity contribution is 14.0. The van der Waals surface area contributed by atoms with Crippen LogP contribution in [0.5, 0.6) is 0 Å². The Morgan fingerprint density at radius 1 is 1.17 bits per heavy atom. The third kappa shape index (κ3) is 7.35. The van der Waals surface area contributed by atoms with Crippen LogP contribution in [-0.4, -0.2) is 72.4 Å². The van der Waals surface area contributed by atoms with Gasteiger partial charge in [-0.25, -0.2) is 4.99 Å². The summed E-state index contributed by atoms with van der Waals surface area (Å²) in [5.74, 6) is 0.797. The summed E-state index contributed by atoms with van der Waals surface area (Å²) in [6, 6.07) is 0.755. The van der Waals surface area contributed by atoms with Crippen molar-refractivity contribution in [3.05, 3.63) is 12.4 Å². The van der Waals surface area contributed by atoms with Crippen LogP contribution >= 0.6 is 24.0 Å². The number of carbonyl (C=O) groups excluding carboxylic acids is 1. The molecule has 0 aromatic carbocycles. The normalized spacial score (nSPS) is 20.7. The average molecular weight is 517 g/mol. The molecule has 1 saturated heterocycles. The van der Waals surface area contributed by atoms with Crippen molar-refractivity contribution in [2.45, 2.75) is 57.0 Å². The summed E-state index contributed by atoms with van der Waals surface area (Å²) in [7, 11) is 5.49. The number of likely N-dealkylation sites (N-methyl/N-ethyl adjacent to an activating group) is 1. The second kappa shape index (κ2) is 11.6. The van der Waals surface area contributed by atoms with Gasteiger partial charge in [-0.05, 0) is 25.7 Å². The maximum Gasteiger partial charge on any atom is 0.243 e. The molecule has 1 saturated carbocycles. The van der Waals surface area contributed by atoms with E-state index in [0.717, 1.165) is 37.6 Å². The van der Waals surface area contributed by atoms with Crippen molar-refractivity contribution in [1.82, 2.24) is 25.3 Å². The van der Waals surface area contributed by atoms with E-state index in [9.17, 15) is 4.79 Å². The molecule has 8 nitrogen and oxygen atoms in total. The number of nitrogens with one attached hydrogen (secondary N) is 2. The lowest BCUT2D eigenvalue weighted by atomic mass is 9.96. The molecule has 1 aromatic heterocycles. The van der Waals surface area contributed by atoms with Gasteiger partial charge < -0.3 is 20.4 Å². The predicted octanol–water partition coefficient (Wildman–Crippen LogP) is 1.96. The van der Waals surface area contributed by atoms with Gasteiger partial charge in [0.1, 0.15) is 6.54 Å². The van der Waals surface area contributed by atoms with Gasteiger partial charge in [-0.15, -0.1) is 24.0 Å². The Morgan fingerprint density at radius 3 is 2.52 bits per heavy atom. The number of carbonyl (C=O) groups is 1. The molecular weight excluding hydrogens is 481 g/mol. The largest absolute Gasteiger partial charge is 0.367 e. The Bertz CT molecular complexity index is 670. The monoisotopic (exact) mass is 517 g/mol. The number of hydrogen-bond donors (Lipinski definition) is 2. The van der Waals surface area contributed by atoms with Crippen LogP contribution in [0.15, 0.2) is 17.4 Å². The zero-order valence-electron chi connectivity index (χ0n) is 17.9. The van der Waals surface area contributed by atoms with E-state index in [0.29, 0.717) is 12.1 Å². The molecular formula is C20H36IN7O. The molecule has 2 aliphatic rings. The molecule has 1 aliphatic carbocycles. The minimum atomic E-state index is 0. The maximum atomic E-state index is 12.0. The number of amides is 1. The van der Waals surface area contributed by atoms with Gasteiger partial charge >= 0.3 is 0 Å². The molecule has 9 heteroatoms. The first-order chi connectivity index (χ1) is 13.5. The van der Waals surface area contributed by atoms with Crippen LogP contribution < -0.4 is 15.5 Å². The van der Waals surface area contributed by atoms with Gasteiger partial charge in [0.2, 0.25) is 5.91 Å². The van der Waals surface area contributed by atoms with Gasteiger partial charge in [0.25, 0.3) is 0 Å². The van der Waals surface area contributed by atoms with Crippen molar-refractivity contribution >= 4 is 41.5 Å². The third-order valence-electron chi connectivity index (χ3n) is 5.64. The summed E-state index contributed by atoms with van der Waals surface area (Å²) < 4.78 is 1.84. The fraction of sp³-hybridized carbons (Fsp3) is 0.750. The van der Waals surface area contributed by atoms with E-state index in [-0.39, 0.29) is 36.4 Å². The molecule has 29 heavy (non-hydrogen) atoms. The summed E-state index contributed by atoms with van der Waals surface area (Å²) in [5.41, 5.74) is 1.16. The molecule has 0 radical (unpaired) electrons. The lowest BCUT2D eigenvalue weighted by Crippen LogP contribution is -2.53. The molecule has 1 aromatic rings. The fourth-order valence-corrected chi connectivity index (χ4v) is 3.96. The number of aryl methyl sites for hydroxylation is 1. The number of hydrogen-bond acceptors (Lipinski definition) is 4. The molecule has 164 valence electrons. The van der Waals surface area contributed by atoms with E-state index < -0.39 is 0 Å². The summed E-state index contributed by atoms with van der Waals surface area (Å²) >= 11 is 0. The summed E-state index contributed by atoms with van der Waals surface area (Å²) in [6.45, 7) is 2.14. The Hall–Kier alpha value is -1.52. The smallest absolute Gasteiger partial charge is 0.243 e. The first kappa shape index (κ1) is 23.8. The highest BCUT2D eigenvalue weighted by Crippen LogP contribution is 2.20. The van der Waals surface area contributed by atoms with Gasteiger partial charge in [-0.1, -0.05) is 19.3 Å². The Balaban J connectivity index is 0.00000300. The molecule has 1 aliphatic heterocycles. The molecule has 2 N–H and O–H groups in total. The highest BCUT2D eigenvalue weighted by Gasteiger charge is 2.23. The number of piperidine rings is 1. The summed E-state index contributed by atoms with van der Waals surface area (Å²) in [6.07, 6.45) is 12.4. The standard InChI is InChI=1S/C20H35N7O.HI/c1-25(2)19(28)13-21-20(23-16-8-5-4-6-9-16)24-17-10-7-11-27(14-17)18-12-22-26(3)15-18;/h12,15-17H,4-11,13-14H2,1-3H3,(H2,21,23,24);1H. The van der Waals surface area contributed by atoms with Crippen molar-refractivity contribution in [3.63, 3.8) is 0 Å². The Morgan fingerprint density at radius 2 is 1.86 bits per heavy atom. The van der Waals surface area contributed by atoms with Crippen LogP contribution in [-0.2, 0) is 11.8 Å². The van der Waals surface area contributed by atoms with Crippen LogP contribution in [0.1, 0.15) is 44.9 Å². The average Bonchev–Trinajstić information content (AvgIpc) is 3.13. The minimum Gasteiger partial charge on any atom is -0.367 e. The van der Waals surface area contributed by atoms with Crippen molar-refractivity contribution in [2.75, 3.05) is 38.6 Å². The quantitative estimate of drug-likeness (QED) is 0.355. The number of halogens is 1. The topological polar surface area (TPSA) is 77.8 Å². The SMILES string of the molecule is CN(C)C(=O)CN=C(NC1CCCCC1)NC1CCCN(c2cnn(C)c2)C1.I. The molecule has 1 atom stereocenters. The molecule has 0 spiro atoms. The van der Waals surface area contributed by atoms with E-state index in [4.69, 9.17) is 0 Å². The van der Waals surface area contributed by atoms with Crippen molar-refractivity contribution in [2.24, 2.45) is 12.0 Å². The van der Waals surface area contributed by atoms with E-state index in [2.05, 4.69) is 31.8 Å². The van der Waals surface area contributed by atoms with Gasteiger partial charge in [0, 0.05) is 52.5 Å². The molecule has 1 unspecified atom stereocenters. The molecule has 2 heterocycles. The fourth-order valence-electron chi connectivity index (χ4n) is 3.96. The minimum absolute atomic E-state index is 0.